The minimum absolute atomic E-state index is 0.0391. The van der Waals surface area contributed by atoms with E-state index in [4.69, 9.17) is 0 Å². The molecule has 0 unspecified atom stereocenters. The first-order valence-corrected chi connectivity index (χ1v) is 4.68. The van der Waals surface area contributed by atoms with Crippen molar-refractivity contribution in [1.82, 2.24) is 4.90 Å². The van der Waals surface area contributed by atoms with Crippen LogP contribution < -0.4 is 0 Å². The summed E-state index contributed by atoms with van der Waals surface area (Å²) < 4.78 is 0. The number of hydrogen-bond acceptors (Lipinski definition) is 2. The molecule has 2 nitrogen and oxygen atoms in total. The van der Waals surface area contributed by atoms with Gasteiger partial charge in [-0.3, -0.25) is 0 Å². The number of aliphatic hydroxyl groups is 1. The Morgan fingerprint density at radius 2 is 2.18 bits per heavy atom. The molecule has 0 aromatic carbocycles. The third-order valence-corrected chi connectivity index (χ3v) is 2.75. The van der Waals surface area contributed by atoms with Crippen molar-refractivity contribution in [2.45, 2.75) is 32.8 Å². The lowest BCUT2D eigenvalue weighted by atomic mass is 9.92. The summed E-state index contributed by atoms with van der Waals surface area (Å²) in [4.78, 5) is 2.42. The van der Waals surface area contributed by atoms with E-state index in [1.807, 2.05) is 0 Å². The van der Waals surface area contributed by atoms with Crippen LogP contribution in [0.5, 0.6) is 0 Å². The molecule has 0 bridgehead atoms. The third kappa shape index (κ3) is 2.17. The molecule has 0 saturated carbocycles. The quantitative estimate of drug-likeness (QED) is 0.649. The van der Waals surface area contributed by atoms with Crippen molar-refractivity contribution < 1.29 is 5.11 Å². The smallest absolute Gasteiger partial charge is 0.0592 e. The highest BCUT2D eigenvalue weighted by molar-refractivity contribution is 4.78. The van der Waals surface area contributed by atoms with Crippen LogP contribution >= 0.6 is 0 Å². The molecule has 0 aromatic rings. The first-order chi connectivity index (χ1) is 5.27. The van der Waals surface area contributed by atoms with Crippen molar-refractivity contribution in [1.29, 1.82) is 0 Å². The van der Waals surface area contributed by atoms with Crippen molar-refractivity contribution >= 4 is 0 Å². The highest BCUT2D eigenvalue weighted by Gasteiger charge is 2.24. The van der Waals surface area contributed by atoms with E-state index < -0.39 is 0 Å². The van der Waals surface area contributed by atoms with Gasteiger partial charge in [-0.1, -0.05) is 13.8 Å². The third-order valence-electron chi connectivity index (χ3n) is 2.75. The normalized spacial score (nSPS) is 34.1. The van der Waals surface area contributed by atoms with Crippen LogP contribution in [-0.4, -0.2) is 35.7 Å². The van der Waals surface area contributed by atoms with Gasteiger partial charge in [-0.15, -0.1) is 0 Å². The maximum atomic E-state index is 9.56. The van der Waals surface area contributed by atoms with Crippen molar-refractivity contribution in [3.05, 3.63) is 0 Å². The van der Waals surface area contributed by atoms with Crippen LogP contribution in [0.15, 0.2) is 0 Å². The minimum Gasteiger partial charge on any atom is -0.393 e. The summed E-state index contributed by atoms with van der Waals surface area (Å²) in [7, 11) is 0. The highest BCUT2D eigenvalue weighted by atomic mass is 16.3. The summed E-state index contributed by atoms with van der Waals surface area (Å²) in [5, 5.41) is 9.56. The van der Waals surface area contributed by atoms with Crippen LogP contribution in [0.25, 0.3) is 0 Å². The van der Waals surface area contributed by atoms with Gasteiger partial charge in [0.25, 0.3) is 0 Å². The van der Waals surface area contributed by atoms with Crippen molar-refractivity contribution in [2.75, 3.05) is 19.6 Å². The molecule has 1 aliphatic rings. The zero-order valence-electron chi connectivity index (χ0n) is 7.58. The van der Waals surface area contributed by atoms with Gasteiger partial charge in [-0.25, -0.2) is 0 Å². The fraction of sp³-hybridized carbons (Fsp3) is 1.00. The van der Waals surface area contributed by atoms with Crippen LogP contribution in [0.4, 0.5) is 0 Å². The summed E-state index contributed by atoms with van der Waals surface area (Å²) in [6.45, 7) is 7.64. The Morgan fingerprint density at radius 3 is 2.73 bits per heavy atom. The number of hydrogen-bond donors (Lipinski definition) is 1. The molecule has 1 N–H and O–H groups in total. The maximum Gasteiger partial charge on any atom is 0.0592 e. The van der Waals surface area contributed by atoms with Crippen LogP contribution in [0.2, 0.25) is 0 Å². The molecule has 0 aromatic heterocycles. The van der Waals surface area contributed by atoms with Crippen LogP contribution in [0.3, 0.4) is 0 Å². The molecular weight excluding hydrogens is 138 g/mol. The van der Waals surface area contributed by atoms with Gasteiger partial charge in [-0.05, 0) is 25.3 Å². The number of aliphatic hydroxyl groups excluding tert-OH is 1. The Kier molecular flexibility index (Phi) is 3.34. The number of piperidine rings is 1. The average Bonchev–Trinajstić information content (AvgIpc) is 2.05. The zero-order chi connectivity index (χ0) is 8.27. The molecular formula is C9H19NO. The van der Waals surface area contributed by atoms with E-state index in [0.717, 1.165) is 32.5 Å². The molecule has 0 amide bonds. The lowest BCUT2D eigenvalue weighted by Gasteiger charge is -2.34. The van der Waals surface area contributed by atoms with Gasteiger partial charge >= 0.3 is 0 Å². The molecule has 1 aliphatic heterocycles. The largest absolute Gasteiger partial charge is 0.393 e. The molecule has 0 aliphatic carbocycles. The Balaban J connectivity index is 2.37. The van der Waals surface area contributed by atoms with Gasteiger partial charge in [0.1, 0.15) is 0 Å². The summed E-state index contributed by atoms with van der Waals surface area (Å²) in [5.41, 5.74) is 0. The SMILES string of the molecule is CC[C@H]1CN(CC)CC[C@@H]1O. The van der Waals surface area contributed by atoms with E-state index in [-0.39, 0.29) is 6.10 Å². The second-order valence-corrected chi connectivity index (χ2v) is 3.42. The molecule has 1 fully saturated rings. The first-order valence-electron chi connectivity index (χ1n) is 4.68. The van der Waals surface area contributed by atoms with Gasteiger partial charge in [0.2, 0.25) is 0 Å². The van der Waals surface area contributed by atoms with E-state index in [0.29, 0.717) is 5.92 Å². The Bertz CT molecular complexity index is 116. The van der Waals surface area contributed by atoms with Crippen LogP contribution in [0, 0.1) is 5.92 Å². The fourth-order valence-corrected chi connectivity index (χ4v) is 1.78. The number of nitrogens with zero attached hydrogens (tertiary/aromatic N) is 1. The topological polar surface area (TPSA) is 23.5 Å². The molecule has 0 spiro atoms. The van der Waals surface area contributed by atoms with E-state index in [1.165, 1.54) is 0 Å². The molecule has 1 rings (SSSR count). The molecule has 11 heavy (non-hydrogen) atoms. The van der Waals surface area contributed by atoms with E-state index >= 15 is 0 Å². The molecule has 2 atom stereocenters. The van der Waals surface area contributed by atoms with Crippen molar-refractivity contribution in [2.24, 2.45) is 5.92 Å². The predicted molar refractivity (Wildman–Crippen MR) is 46.5 cm³/mol. The summed E-state index contributed by atoms with van der Waals surface area (Å²) in [6, 6.07) is 0. The molecule has 0 radical (unpaired) electrons. The van der Waals surface area contributed by atoms with Gasteiger partial charge < -0.3 is 10.0 Å². The van der Waals surface area contributed by atoms with Gasteiger partial charge in [-0.2, -0.15) is 0 Å². The lowest BCUT2D eigenvalue weighted by Crippen LogP contribution is -2.42. The van der Waals surface area contributed by atoms with Gasteiger partial charge in [0, 0.05) is 13.1 Å². The second-order valence-electron chi connectivity index (χ2n) is 3.42. The predicted octanol–water partition coefficient (Wildman–Crippen LogP) is 1.10. The Labute approximate surface area is 69.2 Å². The highest BCUT2D eigenvalue weighted by Crippen LogP contribution is 2.19. The molecule has 66 valence electrons. The monoisotopic (exact) mass is 157 g/mol. The Morgan fingerprint density at radius 1 is 1.45 bits per heavy atom. The standard InChI is InChI=1S/C9H19NO/c1-3-8-7-10(4-2)6-5-9(8)11/h8-9,11H,3-7H2,1-2H3/t8-,9-/m0/s1. The maximum absolute atomic E-state index is 9.56. The molecule has 1 heterocycles. The van der Waals surface area contributed by atoms with E-state index in [2.05, 4.69) is 18.7 Å². The number of rotatable bonds is 2. The fourth-order valence-electron chi connectivity index (χ4n) is 1.78. The summed E-state index contributed by atoms with van der Waals surface area (Å²) in [5.74, 6) is 0.517. The number of likely N-dealkylation sites (tertiary alicyclic amines) is 1. The summed E-state index contributed by atoms with van der Waals surface area (Å²) >= 11 is 0. The average molecular weight is 157 g/mol. The minimum atomic E-state index is -0.0391. The van der Waals surface area contributed by atoms with E-state index in [9.17, 15) is 5.11 Å². The van der Waals surface area contributed by atoms with Crippen molar-refractivity contribution in [3.63, 3.8) is 0 Å². The van der Waals surface area contributed by atoms with Crippen LogP contribution in [0.1, 0.15) is 26.7 Å². The first kappa shape index (κ1) is 9.01. The summed E-state index contributed by atoms with van der Waals surface area (Å²) in [6.07, 6.45) is 2.03. The van der Waals surface area contributed by atoms with E-state index in [1.54, 1.807) is 0 Å². The van der Waals surface area contributed by atoms with Gasteiger partial charge in [0.15, 0.2) is 0 Å². The zero-order valence-corrected chi connectivity index (χ0v) is 7.58. The Hall–Kier alpha value is -0.0800. The lowest BCUT2D eigenvalue weighted by molar-refractivity contribution is 0.0272. The molecule has 1 saturated heterocycles. The van der Waals surface area contributed by atoms with Crippen molar-refractivity contribution in [3.8, 4) is 0 Å². The van der Waals surface area contributed by atoms with Crippen LogP contribution in [-0.2, 0) is 0 Å². The molecule has 2 heteroatoms. The second kappa shape index (κ2) is 4.07. The van der Waals surface area contributed by atoms with Gasteiger partial charge in [0.05, 0.1) is 6.10 Å².